The third-order valence-electron chi connectivity index (χ3n) is 9.84. The van der Waals surface area contributed by atoms with Crippen LogP contribution in [-0.2, 0) is 0 Å². The number of rotatable bonds is 4. The minimum atomic E-state index is 0.567. The molecule has 6 heteroatoms. The van der Waals surface area contributed by atoms with Gasteiger partial charge < -0.3 is 13.4 Å². The van der Waals surface area contributed by atoms with E-state index >= 15 is 0 Å². The Kier molecular flexibility index (Phi) is 5.86. The molecule has 11 rings (SSSR count). The lowest BCUT2D eigenvalue weighted by atomic mass is 10.1. The lowest BCUT2D eigenvalue weighted by molar-refractivity contribution is 0.669. The van der Waals surface area contributed by atoms with Crippen molar-refractivity contribution in [2.24, 2.45) is 0 Å². The highest BCUT2D eigenvalue weighted by Crippen LogP contribution is 2.39. The number of furan rings is 2. The van der Waals surface area contributed by atoms with Gasteiger partial charge >= 0.3 is 0 Å². The minimum Gasteiger partial charge on any atom is -0.456 e. The van der Waals surface area contributed by atoms with Crippen molar-refractivity contribution < 1.29 is 8.83 Å². The molecular formula is C45H26N4O2. The summed E-state index contributed by atoms with van der Waals surface area (Å²) in [4.78, 5) is 15.0. The molecule has 4 aromatic heterocycles. The average molecular weight is 655 g/mol. The van der Waals surface area contributed by atoms with Crippen LogP contribution in [0.5, 0.6) is 0 Å². The normalized spacial score (nSPS) is 11.9. The molecule has 0 N–H and O–H groups in total. The Balaban J connectivity index is 1.09. The van der Waals surface area contributed by atoms with Crippen LogP contribution in [-0.4, -0.2) is 19.5 Å². The number of nitrogens with zero attached hydrogens (tertiary/aromatic N) is 4. The fraction of sp³-hybridized carbons (Fsp3) is 0. The first-order valence-electron chi connectivity index (χ1n) is 16.9. The molecule has 4 heterocycles. The summed E-state index contributed by atoms with van der Waals surface area (Å²) in [7, 11) is 0. The van der Waals surface area contributed by atoms with Gasteiger partial charge in [0.1, 0.15) is 22.3 Å². The van der Waals surface area contributed by atoms with Crippen molar-refractivity contribution in [3.63, 3.8) is 0 Å². The van der Waals surface area contributed by atoms with E-state index in [4.69, 9.17) is 23.8 Å². The molecule has 238 valence electrons. The van der Waals surface area contributed by atoms with E-state index in [-0.39, 0.29) is 0 Å². The second kappa shape index (κ2) is 10.7. The summed E-state index contributed by atoms with van der Waals surface area (Å²) in [6.45, 7) is 0. The van der Waals surface area contributed by atoms with Crippen LogP contribution in [0.25, 0.3) is 106 Å². The van der Waals surface area contributed by atoms with Crippen molar-refractivity contribution in [2.75, 3.05) is 0 Å². The zero-order chi connectivity index (χ0) is 33.5. The smallest absolute Gasteiger partial charge is 0.164 e. The summed E-state index contributed by atoms with van der Waals surface area (Å²) >= 11 is 0. The third kappa shape index (κ3) is 4.33. The van der Waals surface area contributed by atoms with Crippen LogP contribution in [0.3, 0.4) is 0 Å². The maximum atomic E-state index is 6.62. The van der Waals surface area contributed by atoms with E-state index in [1.807, 2.05) is 66.7 Å². The molecule has 0 aliphatic rings. The SMILES string of the molecule is c1ccc(-c2nc(-c3ccc4c(c3)oc3ccccc34)nc(-c3ccc4c(c3)oc3cc5c(cc34)c3ccccc3n5-c3ccccc3)n2)cc1. The standard InChI is InChI=1S/C45H26N4O2/c1-3-11-27(12-4-1)43-46-44(28-19-21-33-32-16-8-10-18-39(32)50-40(33)23-28)48-45(47-43)29-20-22-34-36-25-35-31-15-7-9-17-37(31)49(30-13-5-2-6-14-30)38(35)26-42(36)51-41(34)24-29/h1-26H. The first-order valence-corrected chi connectivity index (χ1v) is 16.9. The van der Waals surface area contributed by atoms with Gasteiger partial charge in [0.25, 0.3) is 0 Å². The molecular weight excluding hydrogens is 629 g/mol. The minimum absolute atomic E-state index is 0.567. The highest BCUT2D eigenvalue weighted by atomic mass is 16.3. The molecule has 0 aliphatic heterocycles. The Morgan fingerprint density at radius 1 is 0.333 bits per heavy atom. The predicted molar refractivity (Wildman–Crippen MR) is 205 cm³/mol. The molecule has 7 aromatic carbocycles. The predicted octanol–water partition coefficient (Wildman–Crippen LogP) is 11.8. The van der Waals surface area contributed by atoms with Gasteiger partial charge in [-0.3, -0.25) is 0 Å². The Labute approximate surface area is 290 Å². The molecule has 0 atom stereocenters. The second-order valence-corrected chi connectivity index (χ2v) is 12.8. The van der Waals surface area contributed by atoms with Gasteiger partial charge in [-0.2, -0.15) is 0 Å². The van der Waals surface area contributed by atoms with Crippen LogP contribution < -0.4 is 0 Å². The van der Waals surface area contributed by atoms with Gasteiger partial charge in [0, 0.05) is 60.8 Å². The van der Waals surface area contributed by atoms with Gasteiger partial charge in [-0.1, -0.05) is 97.1 Å². The number of para-hydroxylation sites is 3. The average Bonchev–Trinajstić information content (AvgIpc) is 3.85. The summed E-state index contributed by atoms with van der Waals surface area (Å²) in [6, 6.07) is 53.9. The molecule has 51 heavy (non-hydrogen) atoms. The fourth-order valence-corrected chi connectivity index (χ4v) is 7.45. The highest BCUT2D eigenvalue weighted by molar-refractivity contribution is 6.17. The van der Waals surface area contributed by atoms with Gasteiger partial charge in [0.2, 0.25) is 0 Å². The van der Waals surface area contributed by atoms with Gasteiger partial charge in [-0.15, -0.1) is 0 Å². The quantitative estimate of drug-likeness (QED) is 0.189. The van der Waals surface area contributed by atoms with E-state index in [9.17, 15) is 0 Å². The molecule has 0 radical (unpaired) electrons. The second-order valence-electron chi connectivity index (χ2n) is 12.8. The van der Waals surface area contributed by atoms with Crippen LogP contribution in [0.15, 0.2) is 167 Å². The van der Waals surface area contributed by atoms with Gasteiger partial charge in [0.15, 0.2) is 17.5 Å². The lowest BCUT2D eigenvalue weighted by Gasteiger charge is -2.08. The molecule has 0 saturated heterocycles. The van der Waals surface area contributed by atoms with Gasteiger partial charge in [0.05, 0.1) is 11.0 Å². The number of aromatic nitrogens is 4. The maximum Gasteiger partial charge on any atom is 0.164 e. The molecule has 0 spiro atoms. The molecule has 0 unspecified atom stereocenters. The molecule has 0 amide bonds. The molecule has 0 fully saturated rings. The van der Waals surface area contributed by atoms with E-state index in [1.165, 1.54) is 10.8 Å². The Morgan fingerprint density at radius 3 is 1.59 bits per heavy atom. The Bertz CT molecular complexity index is 3140. The monoisotopic (exact) mass is 654 g/mol. The molecule has 0 bridgehead atoms. The summed E-state index contributed by atoms with van der Waals surface area (Å²) < 4.78 is 15.1. The van der Waals surface area contributed by atoms with Crippen molar-refractivity contribution in [1.29, 1.82) is 0 Å². The molecule has 0 saturated carbocycles. The van der Waals surface area contributed by atoms with Crippen LogP contribution in [0.4, 0.5) is 0 Å². The van der Waals surface area contributed by atoms with Crippen molar-refractivity contribution in [1.82, 2.24) is 19.5 Å². The van der Waals surface area contributed by atoms with Crippen LogP contribution >= 0.6 is 0 Å². The fourth-order valence-electron chi connectivity index (χ4n) is 7.45. The van der Waals surface area contributed by atoms with E-state index in [0.717, 1.165) is 77.3 Å². The largest absolute Gasteiger partial charge is 0.456 e. The maximum absolute atomic E-state index is 6.62. The first-order chi connectivity index (χ1) is 25.2. The molecule has 0 aliphatic carbocycles. The van der Waals surface area contributed by atoms with Crippen molar-refractivity contribution >= 4 is 65.7 Å². The van der Waals surface area contributed by atoms with E-state index in [2.05, 4.69) is 95.6 Å². The Hall–Kier alpha value is -7.05. The van der Waals surface area contributed by atoms with E-state index in [1.54, 1.807) is 0 Å². The zero-order valence-electron chi connectivity index (χ0n) is 27.1. The summed E-state index contributed by atoms with van der Waals surface area (Å²) in [5.74, 6) is 1.74. The van der Waals surface area contributed by atoms with Crippen LogP contribution in [0.1, 0.15) is 0 Å². The van der Waals surface area contributed by atoms with E-state index in [0.29, 0.717) is 17.5 Å². The summed E-state index contributed by atoms with van der Waals surface area (Å²) in [5, 5.41) is 6.65. The van der Waals surface area contributed by atoms with Crippen LogP contribution in [0, 0.1) is 0 Å². The van der Waals surface area contributed by atoms with Gasteiger partial charge in [-0.05, 0) is 54.6 Å². The van der Waals surface area contributed by atoms with Crippen LogP contribution in [0.2, 0.25) is 0 Å². The third-order valence-corrected chi connectivity index (χ3v) is 9.84. The number of fused-ring (bicyclic) bond motifs is 9. The lowest BCUT2D eigenvalue weighted by Crippen LogP contribution is -2.00. The summed E-state index contributed by atoms with van der Waals surface area (Å²) in [6.07, 6.45) is 0. The van der Waals surface area contributed by atoms with Crippen molar-refractivity contribution in [3.05, 3.63) is 158 Å². The topological polar surface area (TPSA) is 69.9 Å². The number of hydrogen-bond donors (Lipinski definition) is 0. The van der Waals surface area contributed by atoms with Crippen molar-refractivity contribution in [2.45, 2.75) is 0 Å². The summed E-state index contributed by atoms with van der Waals surface area (Å²) in [5.41, 5.74) is 9.24. The molecule has 11 aromatic rings. The van der Waals surface area contributed by atoms with Crippen molar-refractivity contribution in [3.8, 4) is 39.9 Å². The van der Waals surface area contributed by atoms with E-state index < -0.39 is 0 Å². The van der Waals surface area contributed by atoms with Gasteiger partial charge in [-0.25, -0.2) is 15.0 Å². The number of hydrogen-bond acceptors (Lipinski definition) is 5. The molecule has 6 nitrogen and oxygen atoms in total. The zero-order valence-corrected chi connectivity index (χ0v) is 27.1. The first kappa shape index (κ1) is 27.9. The Morgan fingerprint density at radius 2 is 0.863 bits per heavy atom. The number of benzene rings is 7. The highest BCUT2D eigenvalue weighted by Gasteiger charge is 2.19.